The predicted octanol–water partition coefficient (Wildman–Crippen LogP) is 1.95. The monoisotopic (exact) mass is 399 g/mol. The van der Waals surface area contributed by atoms with Crippen LogP contribution in [0.25, 0.3) is 10.9 Å². The molecule has 0 bridgehead atoms. The van der Waals surface area contributed by atoms with Crippen LogP contribution >= 0.6 is 0 Å². The molecule has 3 heterocycles. The van der Waals surface area contributed by atoms with Gasteiger partial charge in [0.25, 0.3) is 12.4 Å². The second-order valence-electron chi connectivity index (χ2n) is 7.58. The molecule has 29 heavy (non-hydrogen) atoms. The minimum atomic E-state index is -0.731. The van der Waals surface area contributed by atoms with Gasteiger partial charge in [-0.15, -0.1) is 0 Å². The number of hydrogen-bond donors (Lipinski definition) is 2. The number of amides is 1. The average Bonchev–Trinajstić information content (AvgIpc) is 2.73. The molecule has 154 valence electrons. The summed E-state index contributed by atoms with van der Waals surface area (Å²) in [5, 5.41) is 17.7. The summed E-state index contributed by atoms with van der Waals surface area (Å²) in [5.74, 6) is -0.797. The third-order valence-corrected chi connectivity index (χ3v) is 6.08. The van der Waals surface area contributed by atoms with Gasteiger partial charge in [0.05, 0.1) is 16.5 Å². The number of benzene rings is 1. The number of nitrogens with zero attached hydrogens (tertiary/aromatic N) is 3. The molecule has 2 atom stereocenters. The van der Waals surface area contributed by atoms with E-state index < -0.39 is 11.4 Å². The van der Waals surface area contributed by atoms with Crippen molar-refractivity contribution in [3.05, 3.63) is 42.1 Å². The standard InChI is InChI=1S/C20H23N3O3.CH2O2/c1-22-9-4-7-20(19(25)26)8-10-23(13-17(20)22)18(24)15-11-14-5-2-3-6-16(14)21-12-15;2-1-3/h2-3,5-6,11-12,17H,4,7-10,13H2,1H3,(H,25,26);1H,(H,2,3)/t17-,20+;/m1./s1. The highest BCUT2D eigenvalue weighted by Gasteiger charge is 2.52. The van der Waals surface area contributed by atoms with Gasteiger partial charge in [-0.2, -0.15) is 0 Å². The number of aliphatic carboxylic acids is 1. The molecule has 4 rings (SSSR count). The van der Waals surface area contributed by atoms with Crippen LogP contribution in [0.1, 0.15) is 29.6 Å². The van der Waals surface area contributed by atoms with Crippen LogP contribution in [0.3, 0.4) is 0 Å². The highest BCUT2D eigenvalue weighted by Crippen LogP contribution is 2.42. The first-order valence-corrected chi connectivity index (χ1v) is 9.58. The summed E-state index contributed by atoms with van der Waals surface area (Å²) >= 11 is 0. The van der Waals surface area contributed by atoms with Crippen molar-refractivity contribution in [3.63, 3.8) is 0 Å². The van der Waals surface area contributed by atoms with E-state index >= 15 is 0 Å². The van der Waals surface area contributed by atoms with Crippen LogP contribution in [0.2, 0.25) is 0 Å². The number of piperidine rings is 2. The molecule has 2 aliphatic rings. The zero-order valence-electron chi connectivity index (χ0n) is 16.3. The quantitative estimate of drug-likeness (QED) is 0.743. The number of aromatic nitrogens is 1. The molecule has 8 nitrogen and oxygen atoms in total. The van der Waals surface area contributed by atoms with E-state index in [2.05, 4.69) is 9.88 Å². The molecular weight excluding hydrogens is 374 g/mol. The molecule has 0 unspecified atom stereocenters. The molecule has 0 saturated carbocycles. The molecule has 0 aliphatic carbocycles. The van der Waals surface area contributed by atoms with Crippen LogP contribution < -0.4 is 0 Å². The summed E-state index contributed by atoms with van der Waals surface area (Å²) < 4.78 is 0. The smallest absolute Gasteiger partial charge is 0.311 e. The van der Waals surface area contributed by atoms with Gasteiger partial charge >= 0.3 is 5.97 Å². The van der Waals surface area contributed by atoms with E-state index in [-0.39, 0.29) is 18.4 Å². The van der Waals surface area contributed by atoms with Crippen LogP contribution in [0.15, 0.2) is 36.5 Å². The summed E-state index contributed by atoms with van der Waals surface area (Å²) in [6.45, 7) is 1.55. The molecule has 2 N–H and O–H groups in total. The van der Waals surface area contributed by atoms with Gasteiger partial charge in [0.1, 0.15) is 0 Å². The summed E-state index contributed by atoms with van der Waals surface area (Å²) in [6.07, 6.45) is 3.71. The first-order chi connectivity index (χ1) is 13.9. The normalized spacial score (nSPS) is 24.2. The Hall–Kier alpha value is -3.00. The van der Waals surface area contributed by atoms with Gasteiger partial charge in [-0.05, 0) is 45.0 Å². The van der Waals surface area contributed by atoms with Crippen molar-refractivity contribution in [2.45, 2.75) is 25.3 Å². The highest BCUT2D eigenvalue weighted by atomic mass is 16.4. The summed E-state index contributed by atoms with van der Waals surface area (Å²) in [5.41, 5.74) is 0.690. The lowest BCUT2D eigenvalue weighted by Gasteiger charge is -2.51. The lowest BCUT2D eigenvalue weighted by Crippen LogP contribution is -2.63. The van der Waals surface area contributed by atoms with E-state index in [4.69, 9.17) is 9.90 Å². The third-order valence-electron chi connectivity index (χ3n) is 6.08. The molecule has 2 fully saturated rings. The van der Waals surface area contributed by atoms with Crippen LogP contribution in [0.5, 0.6) is 0 Å². The number of fused-ring (bicyclic) bond motifs is 2. The number of rotatable bonds is 2. The fourth-order valence-electron chi connectivity index (χ4n) is 4.54. The van der Waals surface area contributed by atoms with Crippen LogP contribution in [-0.2, 0) is 9.59 Å². The molecule has 0 radical (unpaired) electrons. The zero-order valence-corrected chi connectivity index (χ0v) is 16.3. The first kappa shape index (κ1) is 20.7. The van der Waals surface area contributed by atoms with E-state index in [0.29, 0.717) is 31.5 Å². The van der Waals surface area contributed by atoms with E-state index in [0.717, 1.165) is 23.9 Å². The number of hydrogen-bond acceptors (Lipinski definition) is 5. The van der Waals surface area contributed by atoms with Gasteiger partial charge in [-0.3, -0.25) is 19.4 Å². The molecule has 8 heteroatoms. The minimum absolute atomic E-state index is 0.0683. The molecule has 1 aromatic carbocycles. The molecule has 1 amide bonds. The Morgan fingerprint density at radius 3 is 2.69 bits per heavy atom. The van der Waals surface area contributed by atoms with Crippen molar-refractivity contribution < 1.29 is 24.6 Å². The van der Waals surface area contributed by atoms with Gasteiger partial charge in [0, 0.05) is 30.7 Å². The van der Waals surface area contributed by atoms with Gasteiger partial charge in [-0.25, -0.2) is 0 Å². The molecule has 0 spiro atoms. The largest absolute Gasteiger partial charge is 0.483 e. The third kappa shape index (κ3) is 3.93. The van der Waals surface area contributed by atoms with Gasteiger partial charge in [0.2, 0.25) is 0 Å². The molecular formula is C21H25N3O5. The topological polar surface area (TPSA) is 111 Å². The first-order valence-electron chi connectivity index (χ1n) is 9.58. The van der Waals surface area contributed by atoms with Gasteiger partial charge in [-0.1, -0.05) is 18.2 Å². The predicted molar refractivity (Wildman–Crippen MR) is 107 cm³/mol. The van der Waals surface area contributed by atoms with Crippen LogP contribution in [-0.4, -0.2) is 76.1 Å². The number of carbonyl (C=O) groups is 3. The summed E-state index contributed by atoms with van der Waals surface area (Å²) in [4.78, 5) is 41.7. The Morgan fingerprint density at radius 1 is 1.24 bits per heavy atom. The lowest BCUT2D eigenvalue weighted by molar-refractivity contribution is -0.161. The van der Waals surface area contributed by atoms with Gasteiger partial charge < -0.3 is 20.0 Å². The second-order valence-corrected chi connectivity index (χ2v) is 7.58. The number of para-hydroxylation sites is 1. The van der Waals surface area contributed by atoms with Crippen molar-refractivity contribution in [2.75, 3.05) is 26.7 Å². The van der Waals surface area contributed by atoms with Crippen molar-refractivity contribution in [3.8, 4) is 0 Å². The number of likely N-dealkylation sites (tertiary alicyclic amines) is 2. The fourth-order valence-corrected chi connectivity index (χ4v) is 4.54. The zero-order chi connectivity index (χ0) is 21.0. The number of pyridine rings is 1. The SMILES string of the molecule is CN1CCC[C@]2(C(=O)O)CCN(C(=O)c3cnc4ccccc4c3)C[C@@H]12.O=CO. The number of likely N-dealkylation sites (N-methyl/N-ethyl adjacent to an activating group) is 1. The van der Waals surface area contributed by atoms with Gasteiger partial charge in [0.15, 0.2) is 0 Å². The lowest BCUT2D eigenvalue weighted by atomic mass is 9.68. The second kappa shape index (κ2) is 8.57. The van der Waals surface area contributed by atoms with Crippen molar-refractivity contribution >= 4 is 29.3 Å². The molecule has 2 aromatic rings. The van der Waals surface area contributed by atoms with Crippen LogP contribution in [0, 0.1) is 5.41 Å². The summed E-state index contributed by atoms with van der Waals surface area (Å²) in [6, 6.07) is 9.44. The number of carbonyl (C=O) groups excluding carboxylic acids is 1. The Bertz CT molecular complexity index is 918. The maximum Gasteiger partial charge on any atom is 0.311 e. The van der Waals surface area contributed by atoms with Crippen molar-refractivity contribution in [1.29, 1.82) is 0 Å². The van der Waals surface area contributed by atoms with Crippen molar-refractivity contribution in [2.24, 2.45) is 5.41 Å². The fraction of sp³-hybridized carbons (Fsp3) is 0.429. The Balaban J connectivity index is 0.000000755. The Kier molecular flexibility index (Phi) is 6.12. The number of carboxylic acids is 1. The van der Waals surface area contributed by atoms with E-state index in [1.807, 2.05) is 37.4 Å². The number of carboxylic acid groups (broad SMARTS) is 2. The Labute approximate surface area is 168 Å². The van der Waals surface area contributed by atoms with E-state index in [1.54, 1.807) is 11.1 Å². The van der Waals surface area contributed by atoms with E-state index in [1.165, 1.54) is 0 Å². The van der Waals surface area contributed by atoms with Crippen molar-refractivity contribution in [1.82, 2.24) is 14.8 Å². The maximum absolute atomic E-state index is 13.0. The minimum Gasteiger partial charge on any atom is -0.483 e. The molecule has 1 aromatic heterocycles. The Morgan fingerprint density at radius 2 is 1.97 bits per heavy atom. The highest BCUT2D eigenvalue weighted by molar-refractivity contribution is 5.97. The molecule has 2 aliphatic heterocycles. The average molecular weight is 399 g/mol. The maximum atomic E-state index is 13.0. The summed E-state index contributed by atoms with van der Waals surface area (Å²) in [7, 11) is 1.97. The van der Waals surface area contributed by atoms with E-state index in [9.17, 15) is 14.7 Å². The van der Waals surface area contributed by atoms with Crippen LogP contribution in [0.4, 0.5) is 0 Å². The molecule has 2 saturated heterocycles.